The third kappa shape index (κ3) is 3.77. The zero-order chi connectivity index (χ0) is 13.1. The van der Waals surface area contributed by atoms with Gasteiger partial charge in [0.15, 0.2) is 0 Å². The molecule has 1 rings (SSSR count). The summed E-state index contributed by atoms with van der Waals surface area (Å²) in [7, 11) is 0. The molecule has 17 heavy (non-hydrogen) atoms. The average molecular weight is 250 g/mol. The van der Waals surface area contributed by atoms with Gasteiger partial charge in [0, 0.05) is 16.8 Å². The maximum Gasteiger partial charge on any atom is 0.256 e. The summed E-state index contributed by atoms with van der Waals surface area (Å²) in [5.41, 5.74) is 4.13. The second-order valence-electron chi connectivity index (χ2n) is 4.78. The molecule has 0 radical (unpaired) electrons. The molecule has 0 atom stereocenters. The summed E-state index contributed by atoms with van der Waals surface area (Å²) in [6.07, 6.45) is 1.26. The zero-order valence-corrected chi connectivity index (χ0v) is 11.1. The normalized spacial score (nSPS) is 10.6. The van der Waals surface area contributed by atoms with Crippen LogP contribution in [0.25, 0.3) is 0 Å². The molecule has 0 spiro atoms. The Morgan fingerprint density at radius 1 is 1.47 bits per heavy atom. The third-order valence-corrected chi connectivity index (χ3v) is 2.52. The fourth-order valence-corrected chi connectivity index (χ4v) is 1.71. The molecule has 1 N–H and O–H groups in total. The molecule has 0 fully saturated rings. The van der Waals surface area contributed by atoms with Gasteiger partial charge in [0.2, 0.25) is 0 Å². The monoisotopic (exact) mass is 249 g/mol. The summed E-state index contributed by atoms with van der Waals surface area (Å²) < 4.78 is 0. The Labute approximate surface area is 107 Å². The van der Waals surface area contributed by atoms with Crippen molar-refractivity contribution in [2.24, 2.45) is 0 Å². The second kappa shape index (κ2) is 5.22. The van der Waals surface area contributed by atoms with Crippen molar-refractivity contribution in [2.75, 3.05) is 5.32 Å². The van der Waals surface area contributed by atoms with Crippen molar-refractivity contribution in [2.45, 2.75) is 26.2 Å². The summed E-state index contributed by atoms with van der Waals surface area (Å²) in [4.78, 5) is 11.5. The Hall–Kier alpha value is -1.50. The lowest BCUT2D eigenvalue weighted by molar-refractivity contribution is -0.111. The minimum atomic E-state index is -0.257. The van der Waals surface area contributed by atoms with E-state index in [9.17, 15) is 4.79 Å². The van der Waals surface area contributed by atoms with E-state index in [1.54, 1.807) is 6.07 Å². The summed E-state index contributed by atoms with van der Waals surface area (Å²) in [6.45, 7) is 9.60. The van der Waals surface area contributed by atoms with E-state index in [0.29, 0.717) is 5.02 Å². The van der Waals surface area contributed by atoms with Crippen molar-refractivity contribution in [1.29, 1.82) is 0 Å². The number of halogens is 1. The van der Waals surface area contributed by atoms with Crippen LogP contribution < -0.4 is 5.32 Å². The van der Waals surface area contributed by atoms with E-state index in [4.69, 9.17) is 11.6 Å². The Bertz CT molecular complexity index is 479. The van der Waals surface area contributed by atoms with Gasteiger partial charge in [0.1, 0.15) is 0 Å². The number of carbonyl (C=O) groups excluding carboxylic acids is 1. The molecule has 0 saturated heterocycles. The fourth-order valence-electron chi connectivity index (χ4n) is 1.54. The minimum absolute atomic E-state index is 0.0644. The molecular weight excluding hydrogens is 234 g/mol. The van der Waals surface area contributed by atoms with E-state index < -0.39 is 0 Å². The van der Waals surface area contributed by atoms with Crippen LogP contribution in [-0.4, -0.2) is 5.91 Å². The lowest BCUT2D eigenvalue weighted by Gasteiger charge is -2.23. The van der Waals surface area contributed by atoms with E-state index in [1.807, 2.05) is 12.1 Å². The number of hydrogen-bond acceptors (Lipinski definition) is 1. The van der Waals surface area contributed by atoms with Gasteiger partial charge in [-0.3, -0.25) is 4.79 Å². The number of rotatable bonds is 2. The number of amides is 1. The van der Waals surface area contributed by atoms with E-state index >= 15 is 0 Å². The molecular formula is C14H16ClNO. The van der Waals surface area contributed by atoms with E-state index in [0.717, 1.165) is 11.3 Å². The standard InChI is InChI=1S/C14H16ClNO/c1-5-6-13(17)16-12-9-10(15)7-8-11(12)14(2,3)4/h6-9H,1H2,2-4H3,(H,16,17). The highest BCUT2D eigenvalue weighted by atomic mass is 35.5. The van der Waals surface area contributed by atoms with Crippen molar-refractivity contribution in [3.8, 4) is 0 Å². The quantitative estimate of drug-likeness (QED) is 0.625. The molecule has 1 aromatic rings. The second-order valence-corrected chi connectivity index (χ2v) is 5.21. The van der Waals surface area contributed by atoms with Gasteiger partial charge in [-0.1, -0.05) is 45.0 Å². The Balaban J connectivity index is 3.16. The van der Waals surface area contributed by atoms with Gasteiger partial charge in [-0.25, -0.2) is 0 Å². The van der Waals surface area contributed by atoms with Gasteiger partial charge in [0.05, 0.1) is 0 Å². The summed E-state index contributed by atoms with van der Waals surface area (Å²) in [6, 6.07) is 5.49. The average Bonchev–Trinajstić information content (AvgIpc) is 2.15. The lowest BCUT2D eigenvalue weighted by Crippen LogP contribution is -2.17. The number of carbonyl (C=O) groups is 1. The van der Waals surface area contributed by atoms with Crippen LogP contribution in [0.2, 0.25) is 5.02 Å². The maximum absolute atomic E-state index is 11.5. The Kier molecular flexibility index (Phi) is 4.17. The molecule has 0 aliphatic rings. The SMILES string of the molecule is C=C=CC(=O)Nc1cc(Cl)ccc1C(C)(C)C. The first kappa shape index (κ1) is 13.6. The lowest BCUT2D eigenvalue weighted by atomic mass is 9.86. The maximum atomic E-state index is 11.5. The van der Waals surface area contributed by atoms with E-state index in [2.05, 4.69) is 38.4 Å². The summed E-state index contributed by atoms with van der Waals surface area (Å²) in [5, 5.41) is 3.37. The van der Waals surface area contributed by atoms with Crippen LogP contribution in [0.3, 0.4) is 0 Å². The first-order valence-corrected chi connectivity index (χ1v) is 5.69. The first-order chi connectivity index (χ1) is 7.84. The highest BCUT2D eigenvalue weighted by Crippen LogP contribution is 2.31. The largest absolute Gasteiger partial charge is 0.322 e. The molecule has 0 bridgehead atoms. The molecule has 1 amide bonds. The minimum Gasteiger partial charge on any atom is -0.322 e. The molecule has 3 heteroatoms. The third-order valence-electron chi connectivity index (χ3n) is 2.28. The Morgan fingerprint density at radius 2 is 2.12 bits per heavy atom. The smallest absolute Gasteiger partial charge is 0.256 e. The van der Waals surface area contributed by atoms with Crippen LogP contribution in [0.1, 0.15) is 26.3 Å². The molecule has 0 aliphatic carbocycles. The van der Waals surface area contributed by atoms with Crippen LogP contribution in [-0.2, 0) is 10.2 Å². The van der Waals surface area contributed by atoms with Gasteiger partial charge >= 0.3 is 0 Å². The van der Waals surface area contributed by atoms with Crippen LogP contribution in [0.15, 0.2) is 36.6 Å². The van der Waals surface area contributed by atoms with Crippen LogP contribution in [0, 0.1) is 0 Å². The number of hydrogen-bond donors (Lipinski definition) is 1. The molecule has 0 heterocycles. The molecule has 1 aromatic carbocycles. The molecule has 0 aliphatic heterocycles. The van der Waals surface area contributed by atoms with Crippen molar-refractivity contribution in [3.05, 3.63) is 47.2 Å². The molecule has 2 nitrogen and oxygen atoms in total. The van der Waals surface area contributed by atoms with E-state index in [-0.39, 0.29) is 11.3 Å². The van der Waals surface area contributed by atoms with Crippen molar-refractivity contribution < 1.29 is 4.79 Å². The van der Waals surface area contributed by atoms with Gasteiger partial charge < -0.3 is 5.32 Å². The molecule has 0 unspecified atom stereocenters. The van der Waals surface area contributed by atoms with Crippen molar-refractivity contribution in [3.63, 3.8) is 0 Å². The number of benzene rings is 1. The number of anilines is 1. The molecule has 0 saturated carbocycles. The van der Waals surface area contributed by atoms with Crippen LogP contribution in [0.5, 0.6) is 0 Å². The zero-order valence-electron chi connectivity index (χ0n) is 10.3. The predicted molar refractivity (Wildman–Crippen MR) is 72.5 cm³/mol. The van der Waals surface area contributed by atoms with Crippen molar-refractivity contribution >= 4 is 23.2 Å². The van der Waals surface area contributed by atoms with Gasteiger partial charge in [0.25, 0.3) is 5.91 Å². The highest BCUT2D eigenvalue weighted by molar-refractivity contribution is 6.31. The predicted octanol–water partition coefficient (Wildman–Crippen LogP) is 3.92. The van der Waals surface area contributed by atoms with Gasteiger partial charge in [-0.2, -0.15) is 0 Å². The van der Waals surface area contributed by atoms with E-state index in [1.165, 1.54) is 6.08 Å². The Morgan fingerprint density at radius 3 is 2.65 bits per heavy atom. The summed E-state index contributed by atoms with van der Waals surface area (Å²) >= 11 is 5.94. The highest BCUT2D eigenvalue weighted by Gasteiger charge is 2.18. The van der Waals surface area contributed by atoms with Crippen LogP contribution in [0.4, 0.5) is 5.69 Å². The molecule has 0 aromatic heterocycles. The first-order valence-electron chi connectivity index (χ1n) is 5.31. The topological polar surface area (TPSA) is 29.1 Å². The van der Waals surface area contributed by atoms with Crippen molar-refractivity contribution in [1.82, 2.24) is 0 Å². The van der Waals surface area contributed by atoms with Crippen LogP contribution >= 0.6 is 11.6 Å². The van der Waals surface area contributed by atoms with Gasteiger partial charge in [-0.15, -0.1) is 5.73 Å². The molecule has 90 valence electrons. The summed E-state index contributed by atoms with van der Waals surface area (Å²) in [5.74, 6) is -0.257. The van der Waals surface area contributed by atoms with Gasteiger partial charge in [-0.05, 0) is 23.1 Å². The number of nitrogens with one attached hydrogen (secondary N) is 1. The fraction of sp³-hybridized carbons (Fsp3) is 0.286.